The monoisotopic (exact) mass is 448 g/mol. The molecule has 1 unspecified atom stereocenters. The Morgan fingerprint density at radius 1 is 1.03 bits per heavy atom. The molecule has 0 saturated carbocycles. The maximum absolute atomic E-state index is 14.2. The summed E-state index contributed by atoms with van der Waals surface area (Å²) in [7, 11) is 0. The summed E-state index contributed by atoms with van der Waals surface area (Å²) in [5, 5.41) is 2.89. The van der Waals surface area contributed by atoms with Crippen LogP contribution in [0.15, 0.2) is 36.4 Å². The lowest BCUT2D eigenvalue weighted by molar-refractivity contribution is -0.203. The van der Waals surface area contributed by atoms with Crippen LogP contribution in [-0.4, -0.2) is 22.6 Å². The van der Waals surface area contributed by atoms with E-state index in [1.165, 1.54) is 32.1 Å². The number of aryl methyl sites for hydroxylation is 1. The van der Waals surface area contributed by atoms with E-state index in [9.17, 15) is 18.0 Å². The van der Waals surface area contributed by atoms with Gasteiger partial charge in [-0.3, -0.25) is 10.2 Å². The molecule has 6 heteroatoms. The molecule has 1 aliphatic rings. The van der Waals surface area contributed by atoms with Crippen molar-refractivity contribution in [2.24, 2.45) is 0 Å². The lowest BCUT2D eigenvalue weighted by Crippen LogP contribution is -2.51. The molecular formula is C26H35F3N2O. The minimum atomic E-state index is -4.52. The number of carbonyl (C=O) groups excluding carboxylic acids is 1. The Labute approximate surface area is 189 Å². The molecule has 1 heterocycles. The highest BCUT2D eigenvalue weighted by atomic mass is 19.4. The van der Waals surface area contributed by atoms with Gasteiger partial charge in [0.15, 0.2) is 6.04 Å². The predicted molar refractivity (Wildman–Crippen MR) is 123 cm³/mol. The largest absolute Gasteiger partial charge is 0.409 e. The van der Waals surface area contributed by atoms with Crippen LogP contribution in [0.25, 0.3) is 10.8 Å². The van der Waals surface area contributed by atoms with E-state index in [0.29, 0.717) is 0 Å². The highest BCUT2D eigenvalue weighted by molar-refractivity contribution is 5.86. The lowest BCUT2D eigenvalue weighted by atomic mass is 9.93. The van der Waals surface area contributed by atoms with Crippen molar-refractivity contribution in [1.29, 1.82) is 0 Å². The summed E-state index contributed by atoms with van der Waals surface area (Å²) >= 11 is 0. The minimum Gasteiger partial charge on any atom is -0.287 e. The maximum Gasteiger partial charge on any atom is 0.409 e. The molecule has 2 aromatic rings. The van der Waals surface area contributed by atoms with Gasteiger partial charge in [0.05, 0.1) is 0 Å². The van der Waals surface area contributed by atoms with Crippen molar-refractivity contribution in [3.63, 3.8) is 0 Å². The number of carbonyl (C=O) groups is 1. The molecule has 1 aliphatic heterocycles. The third-order valence-electron chi connectivity index (χ3n) is 6.42. The number of benzene rings is 2. The van der Waals surface area contributed by atoms with E-state index in [1.54, 1.807) is 32.0 Å². The van der Waals surface area contributed by atoms with Crippen LogP contribution in [0.1, 0.15) is 89.3 Å². The van der Waals surface area contributed by atoms with Crippen LogP contribution in [0.3, 0.4) is 0 Å². The van der Waals surface area contributed by atoms with Crippen LogP contribution in [0, 0.1) is 0 Å². The van der Waals surface area contributed by atoms with Gasteiger partial charge in [0.1, 0.15) is 0 Å². The average molecular weight is 449 g/mol. The van der Waals surface area contributed by atoms with E-state index in [0.717, 1.165) is 40.6 Å². The van der Waals surface area contributed by atoms with Gasteiger partial charge < -0.3 is 0 Å². The Balaban J connectivity index is 1.83. The normalized spacial score (nSPS) is 17.6. The van der Waals surface area contributed by atoms with E-state index in [2.05, 4.69) is 12.3 Å². The van der Waals surface area contributed by atoms with Gasteiger partial charge in [0.2, 0.25) is 5.91 Å². The molecule has 1 saturated heterocycles. The first-order valence-electron chi connectivity index (χ1n) is 11.8. The number of amides is 1. The van der Waals surface area contributed by atoms with Crippen molar-refractivity contribution in [3.05, 3.63) is 47.5 Å². The Bertz CT molecular complexity index is 923. The number of nitrogens with one attached hydrogen (secondary N) is 1. The fourth-order valence-electron chi connectivity index (χ4n) is 4.72. The van der Waals surface area contributed by atoms with E-state index in [1.807, 2.05) is 18.2 Å². The van der Waals surface area contributed by atoms with Crippen LogP contribution >= 0.6 is 0 Å². The molecule has 176 valence electrons. The second-order valence-electron chi connectivity index (χ2n) is 9.61. The standard InChI is InChI=1S/C26H35F3N2O/c1-4-5-6-7-8-9-10-12-19-13-11-14-20-15-16-21(17-22(19)20)24(26(27,28)29)31-25(2,3)18-23(32)30-31/h11,13-17,24H,4-10,12,18H2,1-3H3,(H,30,32). The molecule has 1 fully saturated rings. The summed E-state index contributed by atoms with van der Waals surface area (Å²) < 4.78 is 42.6. The molecule has 0 radical (unpaired) electrons. The fraction of sp³-hybridized carbons (Fsp3) is 0.577. The molecule has 2 aromatic carbocycles. The smallest absolute Gasteiger partial charge is 0.287 e. The molecule has 1 atom stereocenters. The van der Waals surface area contributed by atoms with Crippen molar-refractivity contribution in [2.45, 2.75) is 96.3 Å². The van der Waals surface area contributed by atoms with Gasteiger partial charge in [-0.05, 0) is 54.7 Å². The topological polar surface area (TPSA) is 32.3 Å². The number of hydrogen-bond donors (Lipinski definition) is 1. The summed E-state index contributed by atoms with van der Waals surface area (Å²) in [6, 6.07) is 9.03. The van der Waals surface area contributed by atoms with E-state index in [-0.39, 0.29) is 17.9 Å². The number of fused-ring (bicyclic) bond motifs is 1. The van der Waals surface area contributed by atoms with Crippen molar-refractivity contribution in [2.75, 3.05) is 0 Å². The first-order valence-corrected chi connectivity index (χ1v) is 11.8. The highest BCUT2D eigenvalue weighted by Gasteiger charge is 2.53. The molecule has 3 nitrogen and oxygen atoms in total. The van der Waals surface area contributed by atoms with Crippen molar-refractivity contribution < 1.29 is 18.0 Å². The van der Waals surface area contributed by atoms with Crippen molar-refractivity contribution >= 4 is 16.7 Å². The van der Waals surface area contributed by atoms with Gasteiger partial charge in [-0.15, -0.1) is 0 Å². The molecular weight excluding hydrogens is 413 g/mol. The van der Waals surface area contributed by atoms with Crippen molar-refractivity contribution in [1.82, 2.24) is 10.4 Å². The van der Waals surface area contributed by atoms with Gasteiger partial charge in [-0.2, -0.15) is 18.2 Å². The number of alkyl halides is 3. The molecule has 3 rings (SSSR count). The summed E-state index contributed by atoms with van der Waals surface area (Å²) in [4.78, 5) is 11.9. The number of nitrogens with zero attached hydrogens (tertiary/aromatic N) is 1. The summed E-state index contributed by atoms with van der Waals surface area (Å²) in [5.41, 5.74) is 2.77. The SMILES string of the molecule is CCCCCCCCCc1cccc2ccc(C(N3NC(=O)CC3(C)C)C(F)(F)F)cc12. The Morgan fingerprint density at radius 2 is 1.72 bits per heavy atom. The first-order chi connectivity index (χ1) is 15.1. The van der Waals surface area contributed by atoms with E-state index < -0.39 is 17.8 Å². The molecule has 1 N–H and O–H groups in total. The van der Waals surface area contributed by atoms with Gasteiger partial charge in [0.25, 0.3) is 0 Å². The maximum atomic E-state index is 14.2. The summed E-state index contributed by atoms with van der Waals surface area (Å²) in [6.07, 6.45) is 4.79. The molecule has 0 bridgehead atoms. The Hall–Kier alpha value is -2.08. The van der Waals surface area contributed by atoms with Gasteiger partial charge >= 0.3 is 6.18 Å². The number of rotatable bonds is 10. The second-order valence-corrected chi connectivity index (χ2v) is 9.61. The zero-order valence-corrected chi connectivity index (χ0v) is 19.4. The molecule has 0 aromatic heterocycles. The van der Waals surface area contributed by atoms with Crippen LogP contribution < -0.4 is 5.43 Å². The molecule has 0 aliphatic carbocycles. The van der Waals surface area contributed by atoms with E-state index in [4.69, 9.17) is 0 Å². The predicted octanol–water partition coefficient (Wildman–Crippen LogP) is 7.25. The fourth-order valence-corrected chi connectivity index (χ4v) is 4.72. The van der Waals surface area contributed by atoms with Gasteiger partial charge in [0, 0.05) is 12.0 Å². The van der Waals surface area contributed by atoms with Gasteiger partial charge in [-0.25, -0.2) is 0 Å². The van der Waals surface area contributed by atoms with Gasteiger partial charge in [-0.1, -0.05) is 75.8 Å². The Kier molecular flexibility index (Phi) is 7.86. The number of hydrazine groups is 1. The molecule has 1 amide bonds. The number of unbranched alkanes of at least 4 members (excludes halogenated alkanes) is 6. The first kappa shape index (κ1) is 24.6. The molecule has 0 spiro atoms. The summed E-state index contributed by atoms with van der Waals surface area (Å²) in [5.74, 6) is -0.385. The lowest BCUT2D eigenvalue weighted by Gasteiger charge is -2.38. The minimum absolute atomic E-state index is 0.0384. The van der Waals surface area contributed by atoms with E-state index >= 15 is 0 Å². The third kappa shape index (κ3) is 5.83. The third-order valence-corrected chi connectivity index (χ3v) is 6.42. The zero-order valence-electron chi connectivity index (χ0n) is 19.4. The Morgan fingerprint density at radius 3 is 2.34 bits per heavy atom. The van der Waals surface area contributed by atoms with Crippen LogP contribution in [0.4, 0.5) is 13.2 Å². The number of halogens is 3. The molecule has 32 heavy (non-hydrogen) atoms. The summed E-state index contributed by atoms with van der Waals surface area (Å²) in [6.45, 7) is 5.53. The second kappa shape index (κ2) is 10.2. The quantitative estimate of drug-likeness (QED) is 0.388. The number of hydrogen-bond acceptors (Lipinski definition) is 2. The van der Waals surface area contributed by atoms with Crippen LogP contribution in [0.5, 0.6) is 0 Å². The van der Waals surface area contributed by atoms with Crippen molar-refractivity contribution in [3.8, 4) is 0 Å². The zero-order chi connectivity index (χ0) is 23.4. The average Bonchev–Trinajstić information content (AvgIpc) is 2.98. The van der Waals surface area contributed by atoms with Crippen LogP contribution in [0.2, 0.25) is 0 Å². The van der Waals surface area contributed by atoms with Crippen LogP contribution in [-0.2, 0) is 11.2 Å². The highest BCUT2D eigenvalue weighted by Crippen LogP contribution is 2.43.